The topological polar surface area (TPSA) is 29.1 Å². The number of hydrogen-bond acceptors (Lipinski definition) is 4. The van der Waals surface area contributed by atoms with Gasteiger partial charge in [-0.25, -0.2) is 4.39 Å². The van der Waals surface area contributed by atoms with E-state index in [9.17, 15) is 9.18 Å². The van der Waals surface area contributed by atoms with Crippen molar-refractivity contribution in [3.05, 3.63) is 70.4 Å². The van der Waals surface area contributed by atoms with E-state index in [4.69, 9.17) is 12.2 Å². The van der Waals surface area contributed by atoms with Crippen molar-refractivity contribution >= 4 is 52.0 Å². The maximum absolute atomic E-state index is 13.7. The lowest BCUT2D eigenvalue weighted by molar-refractivity contribution is -0.115. The summed E-state index contributed by atoms with van der Waals surface area (Å²) in [5.41, 5.74) is 1.59. The molecule has 1 aliphatic rings. The highest BCUT2D eigenvalue weighted by Gasteiger charge is 2.22. The molecule has 6 heteroatoms. The first-order valence-electron chi connectivity index (χ1n) is 6.83. The first-order chi connectivity index (χ1) is 11.1. The fourth-order valence-electron chi connectivity index (χ4n) is 2.06. The van der Waals surface area contributed by atoms with Gasteiger partial charge in [-0.05, 0) is 29.3 Å². The maximum atomic E-state index is 13.7. The number of nitrogens with one attached hydrogen (secondary N) is 1. The zero-order valence-corrected chi connectivity index (χ0v) is 14.4. The SMILES string of the molecule is O=C1NC(=S)SC1=Cc1ccccc1SCc1ccccc1F. The van der Waals surface area contributed by atoms with Crippen LogP contribution in [-0.2, 0) is 10.5 Å². The molecule has 3 rings (SSSR count). The van der Waals surface area contributed by atoms with Crippen molar-refractivity contribution in [2.75, 3.05) is 0 Å². The standard InChI is InChI=1S/C17H12FNOS3/c18-13-7-3-1-6-12(13)10-22-14-8-4-2-5-11(14)9-15-16(20)19-17(21)23-15/h1-9H,10H2,(H,19,20,21). The summed E-state index contributed by atoms with van der Waals surface area (Å²) in [5, 5.41) is 2.60. The van der Waals surface area contributed by atoms with Crippen LogP contribution >= 0.6 is 35.7 Å². The molecule has 116 valence electrons. The minimum absolute atomic E-state index is 0.172. The Morgan fingerprint density at radius 2 is 1.91 bits per heavy atom. The molecule has 23 heavy (non-hydrogen) atoms. The molecule has 1 N–H and O–H groups in total. The van der Waals surface area contributed by atoms with Gasteiger partial charge in [0.05, 0.1) is 4.91 Å². The lowest BCUT2D eigenvalue weighted by atomic mass is 10.2. The van der Waals surface area contributed by atoms with Crippen molar-refractivity contribution in [2.24, 2.45) is 0 Å². The summed E-state index contributed by atoms with van der Waals surface area (Å²) in [6.45, 7) is 0. The smallest absolute Gasteiger partial charge is 0.263 e. The van der Waals surface area contributed by atoms with E-state index in [2.05, 4.69) is 5.32 Å². The predicted octanol–water partition coefficient (Wildman–Crippen LogP) is 4.61. The van der Waals surface area contributed by atoms with E-state index < -0.39 is 0 Å². The Morgan fingerprint density at radius 1 is 1.17 bits per heavy atom. The van der Waals surface area contributed by atoms with Crippen molar-refractivity contribution in [3.63, 3.8) is 0 Å². The molecule has 1 saturated heterocycles. The zero-order chi connectivity index (χ0) is 16.2. The summed E-state index contributed by atoms with van der Waals surface area (Å²) in [6.07, 6.45) is 1.82. The second kappa shape index (κ2) is 7.29. The average molecular weight is 361 g/mol. The maximum Gasteiger partial charge on any atom is 0.263 e. The highest BCUT2D eigenvalue weighted by Crippen LogP contribution is 2.32. The number of hydrogen-bond donors (Lipinski definition) is 1. The van der Waals surface area contributed by atoms with Crippen LogP contribution < -0.4 is 5.32 Å². The van der Waals surface area contributed by atoms with Crippen molar-refractivity contribution in [1.29, 1.82) is 0 Å². The first-order valence-corrected chi connectivity index (χ1v) is 9.04. The first kappa shape index (κ1) is 16.2. The Bertz CT molecular complexity index is 804. The minimum atomic E-state index is -0.202. The van der Waals surface area contributed by atoms with E-state index in [0.29, 0.717) is 20.5 Å². The number of benzene rings is 2. The fraction of sp³-hybridized carbons (Fsp3) is 0.0588. The second-order valence-corrected chi connectivity index (χ2v) is 7.51. The van der Waals surface area contributed by atoms with Crippen molar-refractivity contribution in [3.8, 4) is 0 Å². The van der Waals surface area contributed by atoms with E-state index in [-0.39, 0.29) is 11.7 Å². The van der Waals surface area contributed by atoms with Gasteiger partial charge in [0.1, 0.15) is 10.1 Å². The van der Waals surface area contributed by atoms with Gasteiger partial charge < -0.3 is 5.32 Å². The van der Waals surface area contributed by atoms with Gasteiger partial charge in [0, 0.05) is 10.6 Å². The molecule has 1 heterocycles. The quantitative estimate of drug-likeness (QED) is 0.489. The molecule has 0 bridgehead atoms. The van der Waals surface area contributed by atoms with Crippen LogP contribution in [0.3, 0.4) is 0 Å². The number of thiocarbonyl (C=S) groups is 1. The largest absolute Gasteiger partial charge is 0.307 e. The van der Waals surface area contributed by atoms with Crippen LogP contribution in [0.5, 0.6) is 0 Å². The number of carbonyl (C=O) groups is 1. The van der Waals surface area contributed by atoms with Gasteiger partial charge in [-0.1, -0.05) is 60.4 Å². The van der Waals surface area contributed by atoms with Crippen LogP contribution in [0.4, 0.5) is 4.39 Å². The van der Waals surface area contributed by atoms with Crippen LogP contribution in [0.2, 0.25) is 0 Å². The molecule has 0 atom stereocenters. The molecule has 0 unspecified atom stereocenters. The molecule has 0 radical (unpaired) electrons. The van der Waals surface area contributed by atoms with Gasteiger partial charge in [0.25, 0.3) is 5.91 Å². The molecule has 2 nitrogen and oxygen atoms in total. The van der Waals surface area contributed by atoms with E-state index in [0.717, 1.165) is 10.5 Å². The summed E-state index contributed by atoms with van der Waals surface area (Å²) >= 11 is 7.79. The van der Waals surface area contributed by atoms with Gasteiger partial charge >= 0.3 is 0 Å². The van der Waals surface area contributed by atoms with Gasteiger partial charge in [-0.3, -0.25) is 4.79 Å². The molecule has 0 spiro atoms. The van der Waals surface area contributed by atoms with Crippen LogP contribution in [0.25, 0.3) is 6.08 Å². The minimum Gasteiger partial charge on any atom is -0.307 e. The third-order valence-electron chi connectivity index (χ3n) is 3.19. The lowest BCUT2D eigenvalue weighted by Crippen LogP contribution is -2.17. The monoisotopic (exact) mass is 361 g/mol. The second-order valence-electron chi connectivity index (χ2n) is 4.77. The van der Waals surface area contributed by atoms with Crippen LogP contribution in [0, 0.1) is 5.82 Å². The molecular weight excluding hydrogens is 349 g/mol. The Labute approximate surface area is 147 Å². The molecule has 1 amide bonds. The summed E-state index contributed by atoms with van der Waals surface area (Å²) in [4.78, 5) is 13.4. The molecule has 0 saturated carbocycles. The van der Waals surface area contributed by atoms with Crippen molar-refractivity contribution in [1.82, 2.24) is 5.32 Å². The van der Waals surface area contributed by atoms with Crippen molar-refractivity contribution < 1.29 is 9.18 Å². The van der Waals surface area contributed by atoms with Gasteiger partial charge in [-0.15, -0.1) is 11.8 Å². The molecular formula is C17H12FNOS3. The molecule has 1 aliphatic heterocycles. The summed E-state index contributed by atoms with van der Waals surface area (Å²) in [5.74, 6) is 0.158. The molecule has 0 aliphatic carbocycles. The van der Waals surface area contributed by atoms with E-state index in [1.165, 1.54) is 17.8 Å². The summed E-state index contributed by atoms with van der Waals surface area (Å²) in [7, 11) is 0. The molecule has 2 aromatic carbocycles. The lowest BCUT2D eigenvalue weighted by Gasteiger charge is -2.07. The van der Waals surface area contributed by atoms with E-state index in [1.54, 1.807) is 23.9 Å². The highest BCUT2D eigenvalue weighted by atomic mass is 32.2. The van der Waals surface area contributed by atoms with Crippen LogP contribution in [0.15, 0.2) is 58.3 Å². The number of halogens is 1. The van der Waals surface area contributed by atoms with Gasteiger partial charge in [0.2, 0.25) is 0 Å². The Morgan fingerprint density at radius 3 is 2.65 bits per heavy atom. The number of rotatable bonds is 4. The van der Waals surface area contributed by atoms with Gasteiger partial charge in [0.15, 0.2) is 0 Å². The summed E-state index contributed by atoms with van der Waals surface area (Å²) in [6, 6.07) is 14.5. The third kappa shape index (κ3) is 4.02. The molecule has 0 aromatic heterocycles. The van der Waals surface area contributed by atoms with E-state index in [1.807, 2.05) is 36.4 Å². The molecule has 1 fully saturated rings. The highest BCUT2D eigenvalue weighted by molar-refractivity contribution is 8.26. The fourth-order valence-corrected chi connectivity index (χ4v) is 4.11. The normalized spacial score (nSPS) is 16.0. The Balaban J connectivity index is 1.81. The van der Waals surface area contributed by atoms with Crippen molar-refractivity contribution in [2.45, 2.75) is 10.6 Å². The number of carbonyl (C=O) groups excluding carboxylic acids is 1. The molecule has 2 aromatic rings. The van der Waals surface area contributed by atoms with Crippen LogP contribution in [0.1, 0.15) is 11.1 Å². The number of thioether (sulfide) groups is 2. The van der Waals surface area contributed by atoms with Gasteiger partial charge in [-0.2, -0.15) is 0 Å². The summed E-state index contributed by atoms with van der Waals surface area (Å²) < 4.78 is 14.2. The Hall–Kier alpha value is -1.63. The third-order valence-corrected chi connectivity index (χ3v) is 5.49. The zero-order valence-electron chi connectivity index (χ0n) is 11.9. The predicted molar refractivity (Wildman–Crippen MR) is 98.7 cm³/mol. The Kier molecular flexibility index (Phi) is 5.15. The van der Waals surface area contributed by atoms with Crippen LogP contribution in [-0.4, -0.2) is 10.2 Å². The number of amides is 1. The van der Waals surface area contributed by atoms with E-state index >= 15 is 0 Å². The average Bonchev–Trinajstić information content (AvgIpc) is 2.85.